The minimum atomic E-state index is -4.31. The lowest BCUT2D eigenvalue weighted by Gasteiger charge is -2.12. The maximum absolute atomic E-state index is 12.2. The normalized spacial score (nSPS) is 18.9. The van der Waals surface area contributed by atoms with Gasteiger partial charge in [-0.05, 0) is 42.4 Å². The highest BCUT2D eigenvalue weighted by Gasteiger charge is 2.29. The zero-order valence-corrected chi connectivity index (χ0v) is 11.2. The number of urea groups is 1. The molecule has 1 heterocycles. The fraction of sp³-hybridized carbons (Fsp3) is 0.417. The van der Waals surface area contributed by atoms with Gasteiger partial charge in [0.15, 0.2) is 0 Å². The smallest absolute Gasteiger partial charge is 0.379 e. The van der Waals surface area contributed by atoms with Crippen molar-refractivity contribution >= 4 is 23.5 Å². The molecule has 2 N–H and O–H groups in total. The molecule has 1 aromatic carbocycles. The molecule has 1 aliphatic rings. The Kier molecular flexibility index (Phi) is 4.77. The molecule has 0 bridgehead atoms. The molecule has 1 aromatic rings. The second-order valence-corrected chi connectivity index (χ2v) is 5.37. The number of thioether (sulfide) groups is 1. The average molecular weight is 306 g/mol. The molecule has 0 unspecified atom stereocenters. The van der Waals surface area contributed by atoms with E-state index >= 15 is 0 Å². The Morgan fingerprint density at radius 2 is 2.00 bits per heavy atom. The molecule has 0 aromatic heterocycles. The Bertz CT molecular complexity index is 459. The average Bonchev–Trinajstić information content (AvgIpc) is 2.82. The summed E-state index contributed by atoms with van der Waals surface area (Å²) < 4.78 is 41.6. The highest BCUT2D eigenvalue weighted by Crippen LogP contribution is 2.36. The van der Waals surface area contributed by atoms with Gasteiger partial charge in [0.25, 0.3) is 0 Å². The summed E-state index contributed by atoms with van der Waals surface area (Å²) in [6, 6.07) is 5.07. The van der Waals surface area contributed by atoms with Gasteiger partial charge in [0.1, 0.15) is 0 Å². The van der Waals surface area contributed by atoms with Crippen LogP contribution in [0.25, 0.3) is 0 Å². The van der Waals surface area contributed by atoms with Gasteiger partial charge >= 0.3 is 11.5 Å². The molecule has 1 aliphatic heterocycles. The minimum absolute atomic E-state index is 0.0185. The molecule has 4 nitrogen and oxygen atoms in total. The van der Waals surface area contributed by atoms with E-state index in [-0.39, 0.29) is 22.7 Å². The third-order valence-corrected chi connectivity index (χ3v) is 3.35. The van der Waals surface area contributed by atoms with Crippen molar-refractivity contribution in [3.8, 4) is 0 Å². The molecule has 1 fully saturated rings. The standard InChI is InChI=1S/C12H13F3N2O2S/c13-12(14,15)20-10-3-1-8(2-4-10)16-11(18)17-9-5-6-19-7-9/h1-4,9H,5-7H2,(H2,16,17,18)/t9-/m1/s1. The molecular formula is C12H13F3N2O2S. The fourth-order valence-corrected chi connectivity index (χ4v) is 2.28. The number of hydrogen-bond donors (Lipinski definition) is 2. The molecule has 2 rings (SSSR count). The van der Waals surface area contributed by atoms with Crippen LogP contribution in [0.1, 0.15) is 6.42 Å². The van der Waals surface area contributed by atoms with Crippen LogP contribution in [0.15, 0.2) is 29.2 Å². The van der Waals surface area contributed by atoms with Gasteiger partial charge in [-0.1, -0.05) is 0 Å². The predicted octanol–water partition coefficient (Wildman–Crippen LogP) is 3.21. The Morgan fingerprint density at radius 3 is 2.55 bits per heavy atom. The van der Waals surface area contributed by atoms with E-state index < -0.39 is 11.5 Å². The van der Waals surface area contributed by atoms with Crippen molar-refractivity contribution in [3.63, 3.8) is 0 Å². The monoisotopic (exact) mass is 306 g/mol. The summed E-state index contributed by atoms with van der Waals surface area (Å²) in [5.41, 5.74) is -3.87. The molecule has 20 heavy (non-hydrogen) atoms. The highest BCUT2D eigenvalue weighted by molar-refractivity contribution is 8.00. The molecule has 0 radical (unpaired) electrons. The van der Waals surface area contributed by atoms with Crippen molar-refractivity contribution in [1.29, 1.82) is 0 Å². The predicted molar refractivity (Wildman–Crippen MR) is 69.7 cm³/mol. The highest BCUT2D eigenvalue weighted by atomic mass is 32.2. The number of alkyl halides is 3. The van der Waals surface area contributed by atoms with Gasteiger partial charge < -0.3 is 15.4 Å². The van der Waals surface area contributed by atoms with Crippen LogP contribution >= 0.6 is 11.8 Å². The number of anilines is 1. The van der Waals surface area contributed by atoms with Gasteiger partial charge in [0.2, 0.25) is 0 Å². The van der Waals surface area contributed by atoms with Crippen LogP contribution in [0.2, 0.25) is 0 Å². The van der Waals surface area contributed by atoms with E-state index in [1.807, 2.05) is 0 Å². The van der Waals surface area contributed by atoms with Gasteiger partial charge in [-0.2, -0.15) is 13.2 Å². The van der Waals surface area contributed by atoms with E-state index in [1.165, 1.54) is 24.3 Å². The van der Waals surface area contributed by atoms with Gasteiger partial charge in [-0.15, -0.1) is 0 Å². The maximum atomic E-state index is 12.2. The van der Waals surface area contributed by atoms with Crippen LogP contribution in [0, 0.1) is 0 Å². The minimum Gasteiger partial charge on any atom is -0.379 e. The van der Waals surface area contributed by atoms with E-state index in [0.717, 1.165) is 6.42 Å². The Hall–Kier alpha value is -1.41. The Morgan fingerprint density at radius 1 is 1.30 bits per heavy atom. The Labute approximate surface area is 118 Å². The first-order valence-corrected chi connectivity index (χ1v) is 6.75. The molecule has 1 saturated heterocycles. The largest absolute Gasteiger partial charge is 0.446 e. The summed E-state index contributed by atoms with van der Waals surface area (Å²) in [6.07, 6.45) is 0.759. The third kappa shape index (κ3) is 4.93. The summed E-state index contributed by atoms with van der Waals surface area (Å²) in [5.74, 6) is 0. The van der Waals surface area contributed by atoms with Crippen LogP contribution in [0.3, 0.4) is 0 Å². The van der Waals surface area contributed by atoms with E-state index in [2.05, 4.69) is 10.6 Å². The van der Waals surface area contributed by atoms with Crippen LogP contribution in [0.5, 0.6) is 0 Å². The number of carbonyl (C=O) groups excluding carboxylic acids is 1. The van der Waals surface area contributed by atoms with E-state index in [0.29, 0.717) is 18.9 Å². The quantitative estimate of drug-likeness (QED) is 0.843. The molecular weight excluding hydrogens is 293 g/mol. The molecule has 8 heteroatoms. The molecule has 110 valence electrons. The summed E-state index contributed by atoms with van der Waals surface area (Å²) in [7, 11) is 0. The Balaban J connectivity index is 1.85. The van der Waals surface area contributed by atoms with Crippen molar-refractivity contribution in [2.75, 3.05) is 18.5 Å². The zero-order chi connectivity index (χ0) is 14.6. The van der Waals surface area contributed by atoms with Crippen LogP contribution in [-0.4, -0.2) is 30.8 Å². The van der Waals surface area contributed by atoms with Gasteiger partial charge in [0, 0.05) is 17.2 Å². The van der Waals surface area contributed by atoms with Gasteiger partial charge in [-0.25, -0.2) is 4.79 Å². The number of benzene rings is 1. The number of halogens is 3. The maximum Gasteiger partial charge on any atom is 0.446 e. The summed E-state index contributed by atoms with van der Waals surface area (Å²) >= 11 is -0.190. The second-order valence-electron chi connectivity index (χ2n) is 4.23. The summed E-state index contributed by atoms with van der Waals surface area (Å²) in [4.78, 5) is 11.7. The molecule has 0 spiro atoms. The lowest BCUT2D eigenvalue weighted by Crippen LogP contribution is -2.38. The van der Waals surface area contributed by atoms with Crippen molar-refractivity contribution in [3.05, 3.63) is 24.3 Å². The van der Waals surface area contributed by atoms with E-state index in [9.17, 15) is 18.0 Å². The number of hydrogen-bond acceptors (Lipinski definition) is 3. The first-order valence-electron chi connectivity index (χ1n) is 5.93. The number of amides is 2. The summed E-state index contributed by atoms with van der Waals surface area (Å²) in [5, 5.41) is 5.28. The van der Waals surface area contributed by atoms with Crippen molar-refractivity contribution < 1.29 is 22.7 Å². The van der Waals surface area contributed by atoms with E-state index in [4.69, 9.17) is 4.74 Å². The van der Waals surface area contributed by atoms with E-state index in [1.54, 1.807) is 0 Å². The number of carbonyl (C=O) groups is 1. The SMILES string of the molecule is O=C(Nc1ccc(SC(F)(F)F)cc1)N[C@@H]1CCOC1. The topological polar surface area (TPSA) is 50.4 Å². The second kappa shape index (κ2) is 6.36. The molecule has 0 saturated carbocycles. The van der Waals surface area contributed by atoms with Crippen LogP contribution in [-0.2, 0) is 4.74 Å². The lowest BCUT2D eigenvalue weighted by atomic mass is 10.3. The first kappa shape index (κ1) is 15.0. The van der Waals surface area contributed by atoms with Crippen molar-refractivity contribution in [2.24, 2.45) is 0 Å². The van der Waals surface area contributed by atoms with Crippen molar-refractivity contribution in [2.45, 2.75) is 22.9 Å². The fourth-order valence-electron chi connectivity index (χ4n) is 1.74. The number of ether oxygens (including phenoxy) is 1. The molecule has 0 aliphatic carbocycles. The zero-order valence-electron chi connectivity index (χ0n) is 10.4. The summed E-state index contributed by atoms with van der Waals surface area (Å²) in [6.45, 7) is 1.10. The van der Waals surface area contributed by atoms with Crippen molar-refractivity contribution in [1.82, 2.24) is 5.32 Å². The first-order chi connectivity index (χ1) is 9.42. The third-order valence-electron chi connectivity index (χ3n) is 2.61. The number of rotatable bonds is 3. The van der Waals surface area contributed by atoms with Crippen LogP contribution in [0.4, 0.5) is 23.7 Å². The number of nitrogens with one attached hydrogen (secondary N) is 2. The van der Waals surface area contributed by atoms with Gasteiger partial charge in [0.05, 0.1) is 12.6 Å². The molecule has 2 amide bonds. The van der Waals surface area contributed by atoms with Crippen LogP contribution < -0.4 is 10.6 Å². The lowest BCUT2D eigenvalue weighted by molar-refractivity contribution is -0.0328. The van der Waals surface area contributed by atoms with Gasteiger partial charge in [-0.3, -0.25) is 0 Å². The molecule has 1 atom stereocenters.